The summed E-state index contributed by atoms with van der Waals surface area (Å²) in [5.41, 5.74) is 0.0132. The minimum absolute atomic E-state index is 0.0236. The molecule has 1 aromatic heterocycles. The van der Waals surface area contributed by atoms with E-state index in [4.69, 9.17) is 4.42 Å². The van der Waals surface area contributed by atoms with Crippen LogP contribution in [-0.2, 0) is 9.47 Å². The van der Waals surface area contributed by atoms with Crippen LogP contribution in [0.4, 0.5) is 11.6 Å². The van der Waals surface area contributed by atoms with E-state index >= 15 is 0 Å². The molecule has 2 rings (SSSR count). The predicted octanol–water partition coefficient (Wildman–Crippen LogP) is 2.01. The quantitative estimate of drug-likeness (QED) is 0.492. The Bertz CT molecular complexity index is 855. The zero-order chi connectivity index (χ0) is 18.6. The van der Waals surface area contributed by atoms with E-state index in [1.807, 2.05) is 0 Å². The van der Waals surface area contributed by atoms with Crippen molar-refractivity contribution in [3.8, 4) is 0 Å². The predicted molar refractivity (Wildman–Crippen MR) is 82.4 cm³/mol. The molecule has 0 radical (unpaired) electrons. The average molecular weight is 348 g/mol. The van der Waals surface area contributed by atoms with Crippen molar-refractivity contribution in [1.29, 1.82) is 0 Å². The van der Waals surface area contributed by atoms with Gasteiger partial charge in [0.25, 0.3) is 5.91 Å². The van der Waals surface area contributed by atoms with Crippen LogP contribution in [-0.4, -0.2) is 37.0 Å². The normalized spacial score (nSPS) is 10.0. The Kier molecular flexibility index (Phi) is 5.12. The van der Waals surface area contributed by atoms with Gasteiger partial charge in [0.2, 0.25) is 0 Å². The van der Waals surface area contributed by atoms with E-state index in [0.29, 0.717) is 0 Å². The Labute approximate surface area is 140 Å². The largest absolute Gasteiger partial charge is 0.465 e. The number of rotatable bonds is 5. The van der Waals surface area contributed by atoms with Gasteiger partial charge in [0.1, 0.15) is 4.92 Å². The van der Waals surface area contributed by atoms with Crippen molar-refractivity contribution >= 4 is 29.4 Å². The molecule has 10 heteroatoms. The first-order valence-electron chi connectivity index (χ1n) is 6.73. The summed E-state index contributed by atoms with van der Waals surface area (Å²) >= 11 is 0. The van der Waals surface area contributed by atoms with Gasteiger partial charge in [-0.15, -0.1) is 0 Å². The summed E-state index contributed by atoms with van der Waals surface area (Å²) in [4.78, 5) is 45.4. The molecule has 0 bridgehead atoms. The molecule has 0 atom stereocenters. The smallest absolute Gasteiger partial charge is 0.433 e. The number of nitrogens with one attached hydrogen (secondary N) is 1. The highest BCUT2D eigenvalue weighted by atomic mass is 16.6. The second kappa shape index (κ2) is 7.25. The van der Waals surface area contributed by atoms with Gasteiger partial charge >= 0.3 is 17.8 Å². The third kappa shape index (κ3) is 3.80. The van der Waals surface area contributed by atoms with Gasteiger partial charge in [0.05, 0.1) is 37.1 Å². The lowest BCUT2D eigenvalue weighted by Crippen LogP contribution is -2.16. The van der Waals surface area contributed by atoms with Crippen molar-refractivity contribution in [1.82, 2.24) is 0 Å². The highest BCUT2D eigenvalue weighted by Gasteiger charge is 2.21. The number of furan rings is 1. The molecule has 0 aliphatic rings. The molecule has 0 spiro atoms. The highest BCUT2D eigenvalue weighted by molar-refractivity contribution is 6.07. The third-order valence-electron chi connectivity index (χ3n) is 3.09. The number of hydrogen-bond acceptors (Lipinski definition) is 8. The fourth-order valence-electron chi connectivity index (χ4n) is 1.91. The first kappa shape index (κ1) is 17.7. The number of nitro groups is 1. The van der Waals surface area contributed by atoms with Crippen molar-refractivity contribution in [3.05, 3.63) is 57.3 Å². The number of ether oxygens (including phenoxy) is 2. The minimum atomic E-state index is -0.847. The fourth-order valence-corrected chi connectivity index (χ4v) is 1.91. The number of esters is 2. The number of hydrogen-bond donors (Lipinski definition) is 1. The number of anilines is 1. The maximum absolute atomic E-state index is 12.2. The van der Waals surface area contributed by atoms with Gasteiger partial charge in [0.15, 0.2) is 5.76 Å². The molecule has 1 N–H and O–H groups in total. The molecule has 10 nitrogen and oxygen atoms in total. The third-order valence-corrected chi connectivity index (χ3v) is 3.09. The average Bonchev–Trinajstić information content (AvgIpc) is 3.10. The lowest BCUT2D eigenvalue weighted by molar-refractivity contribution is -0.402. The fraction of sp³-hybridized carbons (Fsp3) is 0.133. The zero-order valence-corrected chi connectivity index (χ0v) is 13.1. The Hall–Kier alpha value is -3.69. The number of benzene rings is 1. The van der Waals surface area contributed by atoms with Crippen LogP contribution in [0.25, 0.3) is 0 Å². The number of carbonyl (C=O) groups excluding carboxylic acids is 3. The minimum Gasteiger partial charge on any atom is -0.465 e. The lowest BCUT2D eigenvalue weighted by atomic mass is 10.1. The van der Waals surface area contributed by atoms with Gasteiger partial charge in [-0.1, -0.05) is 0 Å². The summed E-state index contributed by atoms with van der Waals surface area (Å²) in [6.45, 7) is 0. The number of carbonyl (C=O) groups is 3. The van der Waals surface area contributed by atoms with E-state index in [-0.39, 0.29) is 22.6 Å². The van der Waals surface area contributed by atoms with Gasteiger partial charge in [-0.3, -0.25) is 14.9 Å². The first-order chi connectivity index (χ1) is 11.9. The molecule has 0 aliphatic heterocycles. The van der Waals surface area contributed by atoms with Crippen LogP contribution in [0.5, 0.6) is 0 Å². The topological polar surface area (TPSA) is 138 Å². The SMILES string of the molecule is COC(=O)c1ccc(C(=O)OC)c(NC(=O)c2ccc([N+](=O)[O-])o2)c1. The summed E-state index contributed by atoms with van der Waals surface area (Å²) in [6, 6.07) is 5.94. The summed E-state index contributed by atoms with van der Waals surface area (Å²) in [5, 5.41) is 12.9. The van der Waals surface area contributed by atoms with Crippen molar-refractivity contribution in [3.63, 3.8) is 0 Å². The van der Waals surface area contributed by atoms with Crippen molar-refractivity contribution in [2.45, 2.75) is 0 Å². The van der Waals surface area contributed by atoms with Gasteiger partial charge < -0.3 is 19.2 Å². The van der Waals surface area contributed by atoms with E-state index in [9.17, 15) is 24.5 Å². The second-order valence-corrected chi connectivity index (χ2v) is 4.59. The van der Waals surface area contributed by atoms with Crippen molar-refractivity contribution in [2.75, 3.05) is 19.5 Å². The van der Waals surface area contributed by atoms with Crippen LogP contribution >= 0.6 is 0 Å². The maximum Gasteiger partial charge on any atom is 0.433 e. The van der Waals surface area contributed by atoms with Crippen LogP contribution in [0.1, 0.15) is 31.3 Å². The summed E-state index contributed by atoms with van der Waals surface area (Å²) in [6.07, 6.45) is 0. The van der Waals surface area contributed by atoms with Gasteiger partial charge in [-0.05, 0) is 24.3 Å². The Balaban J connectivity index is 2.37. The number of nitrogens with zero attached hydrogens (tertiary/aromatic N) is 1. The molecule has 0 aliphatic carbocycles. The van der Waals surface area contributed by atoms with E-state index in [1.165, 1.54) is 25.3 Å². The molecule has 1 heterocycles. The number of methoxy groups -OCH3 is 2. The monoisotopic (exact) mass is 348 g/mol. The zero-order valence-electron chi connectivity index (χ0n) is 13.1. The molecule has 130 valence electrons. The van der Waals surface area contributed by atoms with Gasteiger partial charge in [0, 0.05) is 0 Å². The molecule has 0 saturated carbocycles. The number of amides is 1. The van der Waals surface area contributed by atoms with E-state index in [2.05, 4.69) is 14.8 Å². The molecular weight excluding hydrogens is 336 g/mol. The van der Waals surface area contributed by atoms with E-state index < -0.39 is 28.7 Å². The standard InChI is InChI=1S/C15H12N2O8/c1-23-14(19)8-3-4-9(15(20)24-2)10(7-8)16-13(18)11-5-6-12(25-11)17(21)22/h3-7H,1-2H3,(H,16,18). The molecule has 2 aromatic rings. The Morgan fingerprint density at radius 3 is 2.32 bits per heavy atom. The van der Waals surface area contributed by atoms with Crippen LogP contribution in [0, 0.1) is 10.1 Å². The summed E-state index contributed by atoms with van der Waals surface area (Å²) in [5.74, 6) is -3.23. The lowest BCUT2D eigenvalue weighted by Gasteiger charge is -2.10. The van der Waals surface area contributed by atoms with Crippen LogP contribution in [0.15, 0.2) is 34.7 Å². The van der Waals surface area contributed by atoms with Gasteiger partial charge in [-0.25, -0.2) is 9.59 Å². The second-order valence-electron chi connectivity index (χ2n) is 4.59. The summed E-state index contributed by atoms with van der Waals surface area (Å²) in [7, 11) is 2.33. The van der Waals surface area contributed by atoms with Crippen LogP contribution in [0.3, 0.4) is 0 Å². The molecule has 1 aromatic carbocycles. The first-order valence-corrected chi connectivity index (χ1v) is 6.73. The van der Waals surface area contributed by atoms with Crippen molar-refractivity contribution < 1.29 is 33.2 Å². The highest BCUT2D eigenvalue weighted by Crippen LogP contribution is 2.22. The summed E-state index contributed by atoms with van der Waals surface area (Å²) < 4.78 is 14.0. The van der Waals surface area contributed by atoms with E-state index in [1.54, 1.807) is 0 Å². The van der Waals surface area contributed by atoms with Crippen molar-refractivity contribution in [2.24, 2.45) is 0 Å². The molecule has 0 unspecified atom stereocenters. The van der Waals surface area contributed by atoms with E-state index in [0.717, 1.165) is 19.2 Å². The Morgan fingerprint density at radius 2 is 1.76 bits per heavy atom. The molecule has 1 amide bonds. The molecular formula is C15H12N2O8. The van der Waals surface area contributed by atoms with Crippen LogP contribution in [0.2, 0.25) is 0 Å². The molecule has 0 saturated heterocycles. The van der Waals surface area contributed by atoms with Crippen LogP contribution < -0.4 is 5.32 Å². The Morgan fingerprint density at radius 1 is 1.08 bits per heavy atom. The maximum atomic E-state index is 12.2. The van der Waals surface area contributed by atoms with Gasteiger partial charge in [-0.2, -0.15) is 0 Å². The molecule has 0 fully saturated rings. The molecule has 25 heavy (non-hydrogen) atoms.